The third-order valence-corrected chi connectivity index (χ3v) is 4.79. The molecule has 112 valence electrons. The van der Waals surface area contributed by atoms with Gasteiger partial charge in [-0.15, -0.1) is 0 Å². The Morgan fingerprint density at radius 2 is 1.95 bits per heavy atom. The minimum atomic E-state index is 0.0428. The second-order valence-corrected chi connectivity index (χ2v) is 6.23. The van der Waals surface area contributed by atoms with Crippen LogP contribution in [0.15, 0.2) is 60.4 Å². The molecule has 1 N–H and O–H groups in total. The van der Waals surface area contributed by atoms with Gasteiger partial charge in [-0.1, -0.05) is 61.2 Å². The zero-order valence-electron chi connectivity index (χ0n) is 12.6. The Labute approximate surface area is 132 Å². The van der Waals surface area contributed by atoms with Crippen LogP contribution >= 0.6 is 11.6 Å². The highest BCUT2D eigenvalue weighted by molar-refractivity contribution is 6.30. The first-order valence-corrected chi connectivity index (χ1v) is 7.93. The van der Waals surface area contributed by atoms with Gasteiger partial charge in [0.25, 0.3) is 0 Å². The maximum atomic E-state index is 9.58. The molecule has 1 fully saturated rings. The summed E-state index contributed by atoms with van der Waals surface area (Å²) >= 11 is 6.20. The van der Waals surface area contributed by atoms with E-state index in [2.05, 4.69) is 25.6 Å². The summed E-state index contributed by atoms with van der Waals surface area (Å²) in [5.41, 5.74) is 2.61. The molecule has 1 nitrogen and oxygen atoms in total. The standard InChI is InChI=1S/C19H23ClO/c1-3-18(21)11-10-15(2)19(12-5-4-6-13-19)16-8-7-9-17(20)14-16/h3,7-11,14,21H,1,4-6,12-13H2,2H3/b15-10+,18-11+. The molecule has 0 amide bonds. The van der Waals surface area contributed by atoms with Crippen LogP contribution in [0.5, 0.6) is 0 Å². The van der Waals surface area contributed by atoms with Gasteiger partial charge >= 0.3 is 0 Å². The maximum absolute atomic E-state index is 9.58. The molecule has 0 atom stereocenters. The number of hydrogen-bond acceptors (Lipinski definition) is 1. The zero-order chi connectivity index (χ0) is 15.3. The van der Waals surface area contributed by atoms with Crippen molar-refractivity contribution in [3.63, 3.8) is 0 Å². The van der Waals surface area contributed by atoms with Crippen LogP contribution in [0.3, 0.4) is 0 Å². The Balaban J connectivity index is 2.44. The van der Waals surface area contributed by atoms with Crippen molar-refractivity contribution in [2.45, 2.75) is 44.4 Å². The first-order valence-electron chi connectivity index (χ1n) is 7.55. The summed E-state index contributed by atoms with van der Waals surface area (Å²) in [6.45, 7) is 5.73. The van der Waals surface area contributed by atoms with Crippen molar-refractivity contribution < 1.29 is 5.11 Å². The molecule has 1 aromatic rings. The molecular formula is C19H23ClO. The number of allylic oxidation sites excluding steroid dienone is 4. The van der Waals surface area contributed by atoms with Crippen molar-refractivity contribution in [2.24, 2.45) is 0 Å². The highest BCUT2D eigenvalue weighted by Crippen LogP contribution is 2.45. The van der Waals surface area contributed by atoms with E-state index in [0.29, 0.717) is 0 Å². The first kappa shape index (κ1) is 15.9. The second-order valence-electron chi connectivity index (χ2n) is 5.80. The van der Waals surface area contributed by atoms with Gasteiger partial charge in [-0.3, -0.25) is 0 Å². The lowest BCUT2D eigenvalue weighted by molar-refractivity contribution is 0.339. The molecule has 0 radical (unpaired) electrons. The minimum Gasteiger partial charge on any atom is -0.508 e. The Morgan fingerprint density at radius 3 is 2.57 bits per heavy atom. The van der Waals surface area contributed by atoms with Crippen LogP contribution in [0.4, 0.5) is 0 Å². The highest BCUT2D eigenvalue weighted by Gasteiger charge is 2.35. The molecule has 0 bridgehead atoms. The summed E-state index contributed by atoms with van der Waals surface area (Å²) < 4.78 is 0. The van der Waals surface area contributed by atoms with Crippen molar-refractivity contribution in [3.05, 3.63) is 71.0 Å². The maximum Gasteiger partial charge on any atom is 0.114 e. The molecular weight excluding hydrogens is 280 g/mol. The van der Waals surface area contributed by atoms with E-state index < -0.39 is 0 Å². The molecule has 21 heavy (non-hydrogen) atoms. The van der Waals surface area contributed by atoms with E-state index in [1.54, 1.807) is 6.08 Å². The van der Waals surface area contributed by atoms with Gasteiger partial charge in [0, 0.05) is 10.4 Å². The predicted molar refractivity (Wildman–Crippen MR) is 90.9 cm³/mol. The van der Waals surface area contributed by atoms with Crippen molar-refractivity contribution >= 4 is 11.6 Å². The molecule has 0 aliphatic heterocycles. The van der Waals surface area contributed by atoms with Gasteiger partial charge in [-0.2, -0.15) is 0 Å². The van der Waals surface area contributed by atoms with Gasteiger partial charge in [-0.05, 0) is 49.6 Å². The van der Waals surface area contributed by atoms with E-state index in [1.807, 2.05) is 18.2 Å². The third kappa shape index (κ3) is 3.59. The van der Waals surface area contributed by atoms with Gasteiger partial charge in [0.15, 0.2) is 0 Å². The smallest absolute Gasteiger partial charge is 0.114 e. The summed E-state index contributed by atoms with van der Waals surface area (Å²) in [5.74, 6) is 0.200. The van der Waals surface area contributed by atoms with E-state index in [4.69, 9.17) is 11.6 Å². The fraction of sp³-hybridized carbons (Fsp3) is 0.368. The summed E-state index contributed by atoms with van der Waals surface area (Å²) in [5, 5.41) is 10.4. The SMILES string of the molecule is C=C/C(O)=C\C=C(/C)C1(c2cccc(Cl)c2)CCCCC1. The van der Waals surface area contributed by atoms with Crippen LogP contribution in [-0.2, 0) is 5.41 Å². The van der Waals surface area contributed by atoms with Crippen LogP contribution in [0.25, 0.3) is 0 Å². The monoisotopic (exact) mass is 302 g/mol. The van der Waals surface area contributed by atoms with Crippen LogP contribution in [0.2, 0.25) is 5.02 Å². The molecule has 0 heterocycles. The van der Waals surface area contributed by atoms with E-state index in [1.165, 1.54) is 36.5 Å². The quantitative estimate of drug-likeness (QED) is 0.525. The topological polar surface area (TPSA) is 20.2 Å². The highest BCUT2D eigenvalue weighted by atomic mass is 35.5. The van der Waals surface area contributed by atoms with Gasteiger partial charge < -0.3 is 5.11 Å². The lowest BCUT2D eigenvalue weighted by Gasteiger charge is -2.39. The molecule has 1 aliphatic rings. The Hall–Kier alpha value is -1.47. The fourth-order valence-corrected chi connectivity index (χ4v) is 3.48. The van der Waals surface area contributed by atoms with Crippen LogP contribution < -0.4 is 0 Å². The van der Waals surface area contributed by atoms with Gasteiger partial charge in [0.1, 0.15) is 5.76 Å². The number of aliphatic hydroxyl groups is 1. The molecule has 1 aliphatic carbocycles. The van der Waals surface area contributed by atoms with Gasteiger partial charge in [-0.25, -0.2) is 0 Å². The predicted octanol–water partition coefficient (Wildman–Crippen LogP) is 6.12. The molecule has 2 heteroatoms. The number of halogens is 1. The summed E-state index contributed by atoms with van der Waals surface area (Å²) in [4.78, 5) is 0. The third-order valence-electron chi connectivity index (χ3n) is 4.55. The number of aliphatic hydroxyl groups excluding tert-OH is 1. The molecule has 0 unspecified atom stereocenters. The second kappa shape index (κ2) is 7.00. The summed E-state index contributed by atoms with van der Waals surface area (Å²) in [6, 6.07) is 8.20. The average Bonchev–Trinajstić information content (AvgIpc) is 2.52. The lowest BCUT2D eigenvalue weighted by atomic mass is 9.65. The number of benzene rings is 1. The molecule has 1 aromatic carbocycles. The first-order chi connectivity index (χ1) is 10.1. The normalized spacial score (nSPS) is 19.3. The molecule has 2 rings (SSSR count). The largest absolute Gasteiger partial charge is 0.508 e. The lowest BCUT2D eigenvalue weighted by Crippen LogP contribution is -2.30. The van der Waals surface area contributed by atoms with Crippen molar-refractivity contribution in [1.29, 1.82) is 0 Å². The Kier molecular flexibility index (Phi) is 5.30. The van der Waals surface area contributed by atoms with E-state index >= 15 is 0 Å². The van der Waals surface area contributed by atoms with Crippen molar-refractivity contribution in [2.75, 3.05) is 0 Å². The van der Waals surface area contributed by atoms with E-state index in [0.717, 1.165) is 17.9 Å². The molecule has 0 aromatic heterocycles. The van der Waals surface area contributed by atoms with Crippen LogP contribution in [-0.4, -0.2) is 5.11 Å². The fourth-order valence-electron chi connectivity index (χ4n) is 3.29. The van der Waals surface area contributed by atoms with Crippen molar-refractivity contribution in [3.8, 4) is 0 Å². The summed E-state index contributed by atoms with van der Waals surface area (Å²) in [6.07, 6.45) is 11.2. The van der Waals surface area contributed by atoms with Crippen molar-refractivity contribution in [1.82, 2.24) is 0 Å². The Bertz CT molecular complexity index is 563. The Morgan fingerprint density at radius 1 is 1.24 bits per heavy atom. The van der Waals surface area contributed by atoms with E-state index in [-0.39, 0.29) is 11.2 Å². The zero-order valence-corrected chi connectivity index (χ0v) is 13.4. The van der Waals surface area contributed by atoms with Gasteiger partial charge in [0.2, 0.25) is 0 Å². The van der Waals surface area contributed by atoms with Gasteiger partial charge in [0.05, 0.1) is 0 Å². The average molecular weight is 303 g/mol. The summed E-state index contributed by atoms with van der Waals surface area (Å²) in [7, 11) is 0. The molecule has 1 saturated carbocycles. The number of hydrogen-bond donors (Lipinski definition) is 1. The molecule has 0 spiro atoms. The molecule has 0 saturated heterocycles. The van der Waals surface area contributed by atoms with E-state index in [9.17, 15) is 5.11 Å². The van der Waals surface area contributed by atoms with Crippen LogP contribution in [0, 0.1) is 0 Å². The minimum absolute atomic E-state index is 0.0428. The van der Waals surface area contributed by atoms with Crippen LogP contribution in [0.1, 0.15) is 44.6 Å². The number of rotatable bonds is 4.